The first-order valence-corrected chi connectivity index (χ1v) is 8.81. The number of hydrogen-bond donors (Lipinski definition) is 2. The van der Waals surface area contributed by atoms with Crippen LogP contribution in [0.2, 0.25) is 5.02 Å². The summed E-state index contributed by atoms with van der Waals surface area (Å²) in [6.45, 7) is 1.56. The monoisotopic (exact) mass is 364 g/mol. The standard InChI is InChI=1S/C17H21ClN4OS/c1-22-9-8-19-16(22)15(12-4-6-13(18)7-5-12)21-17(24)20-11-14-3-2-10-23-14/h4-9,14-15H,2-3,10-11H2,1H3,(H2,20,21,24)/t14-,15+/m0/s1. The number of imidazole rings is 1. The Morgan fingerprint density at radius 1 is 1.46 bits per heavy atom. The molecular weight excluding hydrogens is 344 g/mol. The lowest BCUT2D eigenvalue weighted by atomic mass is 10.1. The highest BCUT2D eigenvalue weighted by molar-refractivity contribution is 7.80. The van der Waals surface area contributed by atoms with Gasteiger partial charge in [-0.3, -0.25) is 0 Å². The van der Waals surface area contributed by atoms with Crippen molar-refractivity contribution in [3.8, 4) is 0 Å². The zero-order valence-electron chi connectivity index (χ0n) is 13.5. The van der Waals surface area contributed by atoms with Gasteiger partial charge >= 0.3 is 0 Å². The highest BCUT2D eigenvalue weighted by Crippen LogP contribution is 2.22. The van der Waals surface area contributed by atoms with Gasteiger partial charge in [0.25, 0.3) is 0 Å². The molecule has 0 radical (unpaired) electrons. The van der Waals surface area contributed by atoms with Gasteiger partial charge < -0.3 is 19.9 Å². The minimum Gasteiger partial charge on any atom is -0.376 e. The van der Waals surface area contributed by atoms with Gasteiger partial charge in [-0.15, -0.1) is 0 Å². The molecule has 7 heteroatoms. The van der Waals surface area contributed by atoms with Crippen LogP contribution in [0.5, 0.6) is 0 Å². The fourth-order valence-corrected chi connectivity index (χ4v) is 3.13. The van der Waals surface area contributed by atoms with E-state index in [4.69, 9.17) is 28.6 Å². The molecule has 0 aliphatic carbocycles. The van der Waals surface area contributed by atoms with Crippen LogP contribution in [0.1, 0.15) is 30.3 Å². The lowest BCUT2D eigenvalue weighted by molar-refractivity contribution is 0.114. The third kappa shape index (κ3) is 4.26. The number of hydrogen-bond acceptors (Lipinski definition) is 3. The molecule has 2 atom stereocenters. The van der Waals surface area contributed by atoms with E-state index in [9.17, 15) is 0 Å². The maximum Gasteiger partial charge on any atom is 0.167 e. The first kappa shape index (κ1) is 17.2. The lowest BCUT2D eigenvalue weighted by Gasteiger charge is -2.22. The van der Waals surface area contributed by atoms with Crippen molar-refractivity contribution in [2.24, 2.45) is 7.05 Å². The van der Waals surface area contributed by atoms with Crippen LogP contribution >= 0.6 is 23.8 Å². The van der Waals surface area contributed by atoms with Crippen molar-refractivity contribution < 1.29 is 4.74 Å². The Balaban J connectivity index is 1.71. The molecule has 24 heavy (non-hydrogen) atoms. The maximum atomic E-state index is 6.01. The van der Waals surface area contributed by atoms with Crippen LogP contribution in [0, 0.1) is 0 Å². The van der Waals surface area contributed by atoms with Gasteiger partial charge in [-0.2, -0.15) is 0 Å². The highest BCUT2D eigenvalue weighted by Gasteiger charge is 2.20. The summed E-state index contributed by atoms with van der Waals surface area (Å²) < 4.78 is 7.60. The normalized spacial score (nSPS) is 18.3. The summed E-state index contributed by atoms with van der Waals surface area (Å²) in [5, 5.41) is 7.90. The van der Waals surface area contributed by atoms with Crippen molar-refractivity contribution >= 4 is 28.9 Å². The Kier molecular flexibility index (Phi) is 5.71. The molecule has 0 unspecified atom stereocenters. The van der Waals surface area contributed by atoms with Crippen molar-refractivity contribution in [2.45, 2.75) is 25.0 Å². The summed E-state index contributed by atoms with van der Waals surface area (Å²) in [4.78, 5) is 4.46. The summed E-state index contributed by atoms with van der Waals surface area (Å²) in [7, 11) is 1.97. The Labute approximate surface area is 152 Å². The maximum absolute atomic E-state index is 6.01. The first-order chi connectivity index (χ1) is 11.6. The molecule has 2 aromatic rings. The zero-order chi connectivity index (χ0) is 16.9. The third-order valence-corrected chi connectivity index (χ3v) is 4.62. The molecule has 1 aliphatic heterocycles. The average Bonchev–Trinajstić information content (AvgIpc) is 3.23. The van der Waals surface area contributed by atoms with Crippen LogP contribution in [-0.2, 0) is 11.8 Å². The van der Waals surface area contributed by atoms with E-state index >= 15 is 0 Å². The number of aryl methyl sites for hydroxylation is 1. The molecule has 0 saturated carbocycles. The van der Waals surface area contributed by atoms with Crippen molar-refractivity contribution in [3.63, 3.8) is 0 Å². The SMILES string of the molecule is Cn1ccnc1[C@H](NC(=S)NC[C@@H]1CCCO1)c1ccc(Cl)cc1. The number of rotatable bonds is 5. The van der Waals surface area contributed by atoms with Gasteiger partial charge in [0.05, 0.1) is 6.10 Å². The summed E-state index contributed by atoms with van der Waals surface area (Å²) in [5.74, 6) is 0.888. The van der Waals surface area contributed by atoms with E-state index in [1.54, 1.807) is 6.20 Å². The van der Waals surface area contributed by atoms with Crippen LogP contribution in [0.25, 0.3) is 0 Å². The molecule has 1 aromatic carbocycles. The minimum absolute atomic E-state index is 0.147. The molecule has 1 saturated heterocycles. The molecule has 3 rings (SSSR count). The predicted molar refractivity (Wildman–Crippen MR) is 99.2 cm³/mol. The van der Waals surface area contributed by atoms with Gasteiger partial charge in [-0.05, 0) is 42.8 Å². The average molecular weight is 365 g/mol. The molecular formula is C17H21ClN4OS. The third-order valence-electron chi connectivity index (χ3n) is 4.11. The quantitative estimate of drug-likeness (QED) is 0.799. The highest BCUT2D eigenvalue weighted by atomic mass is 35.5. The molecule has 0 spiro atoms. The summed E-state index contributed by atoms with van der Waals surface area (Å²) in [6.07, 6.45) is 6.14. The number of aromatic nitrogens is 2. The van der Waals surface area contributed by atoms with E-state index in [-0.39, 0.29) is 12.1 Å². The predicted octanol–water partition coefficient (Wildman–Crippen LogP) is 2.81. The Hall–Kier alpha value is -1.63. The van der Waals surface area contributed by atoms with Crippen LogP contribution < -0.4 is 10.6 Å². The lowest BCUT2D eigenvalue weighted by Crippen LogP contribution is -2.42. The second kappa shape index (κ2) is 7.96. The minimum atomic E-state index is -0.147. The van der Waals surface area contributed by atoms with Gasteiger partial charge in [-0.25, -0.2) is 4.98 Å². The van der Waals surface area contributed by atoms with Crippen LogP contribution in [0.3, 0.4) is 0 Å². The fourth-order valence-electron chi connectivity index (χ4n) is 2.80. The molecule has 128 valence electrons. The summed E-state index contributed by atoms with van der Waals surface area (Å²) in [6, 6.07) is 7.57. The van der Waals surface area contributed by atoms with E-state index < -0.39 is 0 Å². The number of nitrogens with zero attached hydrogens (tertiary/aromatic N) is 2. The number of nitrogens with one attached hydrogen (secondary N) is 2. The van der Waals surface area contributed by atoms with E-state index in [1.165, 1.54) is 0 Å². The molecule has 0 amide bonds. The Bertz CT molecular complexity index is 682. The van der Waals surface area contributed by atoms with E-state index in [0.717, 1.165) is 37.4 Å². The van der Waals surface area contributed by atoms with Gasteiger partial charge in [0, 0.05) is 37.6 Å². The van der Waals surface area contributed by atoms with Gasteiger partial charge in [0.2, 0.25) is 0 Å². The summed E-state index contributed by atoms with van der Waals surface area (Å²) >= 11 is 11.5. The molecule has 1 aliphatic rings. The van der Waals surface area contributed by atoms with Gasteiger partial charge in [0.1, 0.15) is 11.9 Å². The van der Waals surface area contributed by atoms with E-state index in [1.807, 2.05) is 42.1 Å². The molecule has 5 nitrogen and oxygen atoms in total. The van der Waals surface area contributed by atoms with Crippen LogP contribution in [-0.4, -0.2) is 33.9 Å². The number of ether oxygens (including phenoxy) is 1. The zero-order valence-corrected chi connectivity index (χ0v) is 15.1. The Morgan fingerprint density at radius 3 is 2.88 bits per heavy atom. The largest absolute Gasteiger partial charge is 0.376 e. The van der Waals surface area contributed by atoms with Crippen LogP contribution in [0.4, 0.5) is 0 Å². The number of halogens is 1. The Morgan fingerprint density at radius 2 is 2.25 bits per heavy atom. The van der Waals surface area contributed by atoms with Crippen LogP contribution in [0.15, 0.2) is 36.7 Å². The van der Waals surface area contributed by atoms with E-state index in [2.05, 4.69) is 15.6 Å². The molecule has 0 bridgehead atoms. The van der Waals surface area contributed by atoms with Gasteiger partial charge in [0.15, 0.2) is 5.11 Å². The van der Waals surface area contributed by atoms with Crippen molar-refractivity contribution in [3.05, 3.63) is 53.1 Å². The van der Waals surface area contributed by atoms with Crippen molar-refractivity contribution in [1.82, 2.24) is 20.2 Å². The number of benzene rings is 1. The second-order valence-electron chi connectivity index (χ2n) is 5.87. The van der Waals surface area contributed by atoms with Gasteiger partial charge in [-0.1, -0.05) is 23.7 Å². The topological polar surface area (TPSA) is 51.1 Å². The summed E-state index contributed by atoms with van der Waals surface area (Å²) in [5.41, 5.74) is 1.05. The molecule has 1 aromatic heterocycles. The fraction of sp³-hybridized carbons (Fsp3) is 0.412. The second-order valence-corrected chi connectivity index (χ2v) is 6.71. The van der Waals surface area contributed by atoms with Crippen molar-refractivity contribution in [1.29, 1.82) is 0 Å². The van der Waals surface area contributed by atoms with E-state index in [0.29, 0.717) is 10.1 Å². The smallest absolute Gasteiger partial charge is 0.167 e. The molecule has 2 N–H and O–H groups in total. The molecule has 1 fully saturated rings. The molecule has 2 heterocycles. The van der Waals surface area contributed by atoms with Crippen molar-refractivity contribution in [2.75, 3.05) is 13.2 Å². The number of thiocarbonyl (C=S) groups is 1. The first-order valence-electron chi connectivity index (χ1n) is 8.02.